The van der Waals surface area contributed by atoms with Crippen LogP contribution in [0.5, 0.6) is 0 Å². The van der Waals surface area contributed by atoms with Gasteiger partial charge < -0.3 is 10.1 Å². The van der Waals surface area contributed by atoms with Crippen molar-refractivity contribution in [1.82, 2.24) is 0 Å². The molecule has 0 aromatic heterocycles. The molecule has 2 aromatic carbocycles. The number of hydrogen-bond acceptors (Lipinski definition) is 3. The lowest BCUT2D eigenvalue weighted by Crippen LogP contribution is -2.10. The molecule has 0 atom stereocenters. The van der Waals surface area contributed by atoms with Crippen molar-refractivity contribution < 1.29 is 9.53 Å². The van der Waals surface area contributed by atoms with Gasteiger partial charge in [0.15, 0.2) is 0 Å². The molecule has 0 saturated carbocycles. The Bertz CT molecular complexity index is 615. The topological polar surface area (TPSA) is 50.4 Å². The maximum absolute atomic E-state index is 11.1. The third-order valence-corrected chi connectivity index (χ3v) is 3.37. The van der Waals surface area contributed by atoms with Crippen molar-refractivity contribution in [3.05, 3.63) is 52.5 Å². The minimum atomic E-state index is -0.511. The summed E-state index contributed by atoms with van der Waals surface area (Å²) >= 11 is 12.0. The number of hydrogen-bond donors (Lipinski definition) is 2. The SMILES string of the molecule is COC(=O)Nc1ccc(Nc2cccc(Cl)c2Cl)cc1. The van der Waals surface area contributed by atoms with Gasteiger partial charge in [-0.3, -0.25) is 5.32 Å². The molecule has 0 fully saturated rings. The Morgan fingerprint density at radius 2 is 1.70 bits per heavy atom. The number of carbonyl (C=O) groups excluding carboxylic acids is 1. The van der Waals surface area contributed by atoms with Gasteiger partial charge in [0.05, 0.1) is 22.8 Å². The van der Waals surface area contributed by atoms with Gasteiger partial charge in [0, 0.05) is 11.4 Å². The third-order valence-electron chi connectivity index (χ3n) is 2.55. The lowest BCUT2D eigenvalue weighted by Gasteiger charge is -2.10. The number of halogens is 2. The summed E-state index contributed by atoms with van der Waals surface area (Å²) in [5.41, 5.74) is 2.18. The van der Waals surface area contributed by atoms with Crippen LogP contribution in [0.3, 0.4) is 0 Å². The van der Waals surface area contributed by atoms with Crippen LogP contribution in [0.4, 0.5) is 21.9 Å². The number of carbonyl (C=O) groups is 1. The molecule has 2 aromatic rings. The van der Waals surface area contributed by atoms with Gasteiger partial charge in [0.1, 0.15) is 0 Å². The maximum atomic E-state index is 11.1. The highest BCUT2D eigenvalue weighted by molar-refractivity contribution is 6.43. The number of amides is 1. The summed E-state index contributed by atoms with van der Waals surface area (Å²) in [6.07, 6.45) is -0.511. The molecular weight excluding hydrogens is 299 g/mol. The van der Waals surface area contributed by atoms with E-state index < -0.39 is 6.09 Å². The monoisotopic (exact) mass is 310 g/mol. The van der Waals surface area contributed by atoms with Crippen LogP contribution in [-0.4, -0.2) is 13.2 Å². The molecule has 2 N–H and O–H groups in total. The highest BCUT2D eigenvalue weighted by Gasteiger charge is 2.05. The molecule has 0 aliphatic carbocycles. The van der Waals surface area contributed by atoms with Gasteiger partial charge in [0.2, 0.25) is 0 Å². The van der Waals surface area contributed by atoms with Gasteiger partial charge in [0.25, 0.3) is 0 Å². The fourth-order valence-electron chi connectivity index (χ4n) is 1.56. The number of ether oxygens (including phenoxy) is 1. The van der Waals surface area contributed by atoms with Crippen LogP contribution in [-0.2, 0) is 4.74 Å². The molecule has 104 valence electrons. The first-order valence-electron chi connectivity index (χ1n) is 5.76. The Balaban J connectivity index is 2.11. The number of nitrogens with one attached hydrogen (secondary N) is 2. The first-order chi connectivity index (χ1) is 9.60. The average molecular weight is 311 g/mol. The van der Waals surface area contributed by atoms with Crippen LogP contribution in [0.15, 0.2) is 42.5 Å². The molecule has 0 saturated heterocycles. The molecule has 1 amide bonds. The van der Waals surface area contributed by atoms with Crippen molar-refractivity contribution in [2.75, 3.05) is 17.7 Å². The summed E-state index contributed by atoms with van der Waals surface area (Å²) in [6.45, 7) is 0. The largest absolute Gasteiger partial charge is 0.453 e. The lowest BCUT2D eigenvalue weighted by atomic mass is 10.2. The Hall–Kier alpha value is -1.91. The van der Waals surface area contributed by atoms with Gasteiger partial charge >= 0.3 is 6.09 Å². The van der Waals surface area contributed by atoms with Gasteiger partial charge in [-0.2, -0.15) is 0 Å². The minimum Gasteiger partial charge on any atom is -0.453 e. The van der Waals surface area contributed by atoms with E-state index in [0.717, 1.165) is 5.69 Å². The van der Waals surface area contributed by atoms with Crippen LogP contribution in [0.25, 0.3) is 0 Å². The Kier molecular flexibility index (Phi) is 4.71. The second-order valence-electron chi connectivity index (χ2n) is 3.92. The second-order valence-corrected chi connectivity index (χ2v) is 4.71. The third kappa shape index (κ3) is 3.56. The predicted molar refractivity (Wildman–Crippen MR) is 82.2 cm³/mol. The first kappa shape index (κ1) is 14.5. The van der Waals surface area contributed by atoms with Crippen LogP contribution in [0.1, 0.15) is 0 Å². The van der Waals surface area contributed by atoms with Crippen molar-refractivity contribution >= 4 is 46.4 Å². The van der Waals surface area contributed by atoms with Crippen molar-refractivity contribution in [1.29, 1.82) is 0 Å². The molecule has 0 radical (unpaired) electrons. The van der Waals surface area contributed by atoms with E-state index in [1.807, 2.05) is 24.3 Å². The van der Waals surface area contributed by atoms with E-state index in [9.17, 15) is 4.79 Å². The zero-order chi connectivity index (χ0) is 14.5. The van der Waals surface area contributed by atoms with E-state index in [0.29, 0.717) is 21.4 Å². The van der Waals surface area contributed by atoms with Gasteiger partial charge in [-0.25, -0.2) is 4.79 Å². The zero-order valence-electron chi connectivity index (χ0n) is 10.6. The summed E-state index contributed by atoms with van der Waals surface area (Å²) in [7, 11) is 1.31. The zero-order valence-corrected chi connectivity index (χ0v) is 12.1. The summed E-state index contributed by atoms with van der Waals surface area (Å²) in [6, 6.07) is 12.5. The number of anilines is 3. The molecule has 20 heavy (non-hydrogen) atoms. The van der Waals surface area contributed by atoms with Crippen LogP contribution < -0.4 is 10.6 Å². The van der Waals surface area contributed by atoms with E-state index in [2.05, 4.69) is 15.4 Å². The molecule has 0 bridgehead atoms. The number of methoxy groups -OCH3 is 1. The van der Waals surface area contributed by atoms with Crippen molar-refractivity contribution in [3.8, 4) is 0 Å². The van der Waals surface area contributed by atoms with E-state index in [4.69, 9.17) is 23.2 Å². The first-order valence-corrected chi connectivity index (χ1v) is 6.52. The van der Waals surface area contributed by atoms with Gasteiger partial charge in [-0.05, 0) is 36.4 Å². The Morgan fingerprint density at radius 1 is 1.05 bits per heavy atom. The Labute approximate surface area is 126 Å². The highest BCUT2D eigenvalue weighted by Crippen LogP contribution is 2.31. The van der Waals surface area contributed by atoms with Crippen molar-refractivity contribution in [2.24, 2.45) is 0 Å². The summed E-state index contributed by atoms with van der Waals surface area (Å²) in [4.78, 5) is 11.1. The average Bonchev–Trinajstić information content (AvgIpc) is 2.46. The molecule has 2 rings (SSSR count). The molecular formula is C14H12Cl2N2O2. The van der Waals surface area contributed by atoms with Crippen LogP contribution in [0.2, 0.25) is 10.0 Å². The fraction of sp³-hybridized carbons (Fsp3) is 0.0714. The molecule has 0 spiro atoms. The van der Waals surface area contributed by atoms with E-state index in [1.54, 1.807) is 18.2 Å². The van der Waals surface area contributed by atoms with Crippen molar-refractivity contribution in [2.45, 2.75) is 0 Å². The van der Waals surface area contributed by atoms with Crippen LogP contribution in [0, 0.1) is 0 Å². The van der Waals surface area contributed by atoms with Gasteiger partial charge in [-0.15, -0.1) is 0 Å². The predicted octanol–water partition coefficient (Wildman–Crippen LogP) is 4.92. The van der Waals surface area contributed by atoms with E-state index >= 15 is 0 Å². The Morgan fingerprint density at radius 3 is 2.35 bits per heavy atom. The van der Waals surface area contributed by atoms with E-state index in [-0.39, 0.29) is 0 Å². The van der Waals surface area contributed by atoms with Crippen molar-refractivity contribution in [3.63, 3.8) is 0 Å². The maximum Gasteiger partial charge on any atom is 0.411 e. The summed E-state index contributed by atoms with van der Waals surface area (Å²) < 4.78 is 4.51. The normalized spacial score (nSPS) is 9.95. The number of benzene rings is 2. The smallest absolute Gasteiger partial charge is 0.411 e. The molecule has 0 heterocycles. The standard InChI is InChI=1S/C14H12Cl2N2O2/c1-20-14(19)18-10-7-5-9(6-8-10)17-12-4-2-3-11(15)13(12)16/h2-8,17H,1H3,(H,18,19). The molecule has 0 aliphatic rings. The molecule has 0 aliphatic heterocycles. The van der Waals surface area contributed by atoms with Gasteiger partial charge in [-0.1, -0.05) is 29.3 Å². The second kappa shape index (κ2) is 6.50. The molecule has 4 nitrogen and oxygen atoms in total. The lowest BCUT2D eigenvalue weighted by molar-refractivity contribution is 0.187. The molecule has 6 heteroatoms. The minimum absolute atomic E-state index is 0.464. The number of rotatable bonds is 3. The highest BCUT2D eigenvalue weighted by atomic mass is 35.5. The molecule has 0 unspecified atom stereocenters. The summed E-state index contributed by atoms with van der Waals surface area (Å²) in [5.74, 6) is 0. The quantitative estimate of drug-likeness (QED) is 0.846. The fourth-order valence-corrected chi connectivity index (χ4v) is 1.91. The van der Waals surface area contributed by atoms with E-state index in [1.165, 1.54) is 7.11 Å². The van der Waals surface area contributed by atoms with Crippen LogP contribution >= 0.6 is 23.2 Å². The summed E-state index contributed by atoms with van der Waals surface area (Å²) in [5, 5.41) is 6.66.